The number of aromatic nitrogens is 4. The second-order valence-electron chi connectivity index (χ2n) is 5.60. The Hall–Kier alpha value is -2.82. The fraction of sp³-hybridized carbons (Fsp3) is 0.0588. The molecule has 0 unspecified atom stereocenters. The van der Waals surface area contributed by atoms with E-state index in [1.165, 1.54) is 24.8 Å². The standard InChI is InChI=1S/C17H12ClN5O3S2/c1-26-15-6-10(18)2-4-13(15)16-12-5-3-11(7-14(12)19-8-20-16)28(24,25)23-17-21-9-22-27-17/h2-9H,1H3,(H,21,22,23). The van der Waals surface area contributed by atoms with Crippen LogP contribution in [0.1, 0.15) is 0 Å². The maximum absolute atomic E-state index is 12.6. The molecule has 11 heteroatoms. The molecule has 0 amide bonds. The van der Waals surface area contributed by atoms with Gasteiger partial charge >= 0.3 is 0 Å². The highest BCUT2D eigenvalue weighted by atomic mass is 35.5. The molecular formula is C17H12ClN5O3S2. The van der Waals surface area contributed by atoms with Gasteiger partial charge in [0.2, 0.25) is 5.13 Å². The SMILES string of the molecule is COc1cc(Cl)ccc1-c1ncnc2cc(S(=O)(=O)Nc3ncns3)ccc12. The molecule has 0 aliphatic rings. The molecule has 0 atom stereocenters. The number of halogens is 1. The quantitative estimate of drug-likeness (QED) is 0.512. The summed E-state index contributed by atoms with van der Waals surface area (Å²) < 4.78 is 36.7. The van der Waals surface area contributed by atoms with Gasteiger partial charge in [-0.1, -0.05) is 11.6 Å². The highest BCUT2D eigenvalue weighted by Gasteiger charge is 2.18. The monoisotopic (exact) mass is 433 g/mol. The first-order valence-electron chi connectivity index (χ1n) is 7.86. The number of methoxy groups -OCH3 is 1. The Balaban J connectivity index is 1.81. The Morgan fingerprint density at radius 1 is 1.07 bits per heavy atom. The van der Waals surface area contributed by atoms with Crippen LogP contribution in [0.25, 0.3) is 22.2 Å². The van der Waals surface area contributed by atoms with E-state index in [9.17, 15) is 8.42 Å². The highest BCUT2D eigenvalue weighted by molar-refractivity contribution is 7.93. The smallest absolute Gasteiger partial charge is 0.263 e. The van der Waals surface area contributed by atoms with Gasteiger partial charge in [-0.2, -0.15) is 4.37 Å². The minimum atomic E-state index is -3.82. The summed E-state index contributed by atoms with van der Waals surface area (Å²) in [5.41, 5.74) is 1.81. The molecule has 4 rings (SSSR count). The largest absolute Gasteiger partial charge is 0.496 e. The molecule has 0 aliphatic carbocycles. The van der Waals surface area contributed by atoms with E-state index in [1.807, 2.05) is 0 Å². The summed E-state index contributed by atoms with van der Waals surface area (Å²) in [4.78, 5) is 12.5. The van der Waals surface area contributed by atoms with E-state index < -0.39 is 10.0 Å². The summed E-state index contributed by atoms with van der Waals surface area (Å²) >= 11 is 6.99. The van der Waals surface area contributed by atoms with E-state index in [-0.39, 0.29) is 10.0 Å². The third-order valence-electron chi connectivity index (χ3n) is 3.92. The van der Waals surface area contributed by atoms with Crippen LogP contribution < -0.4 is 9.46 Å². The molecule has 2 aromatic carbocycles. The fourth-order valence-electron chi connectivity index (χ4n) is 2.67. The maximum Gasteiger partial charge on any atom is 0.263 e. The van der Waals surface area contributed by atoms with Crippen LogP contribution in [0.4, 0.5) is 5.13 Å². The average molecular weight is 434 g/mol. The van der Waals surface area contributed by atoms with Gasteiger partial charge in [0.1, 0.15) is 18.4 Å². The third-order valence-corrected chi connectivity index (χ3v) is 6.20. The number of nitrogens with zero attached hydrogens (tertiary/aromatic N) is 4. The highest BCUT2D eigenvalue weighted by Crippen LogP contribution is 2.35. The summed E-state index contributed by atoms with van der Waals surface area (Å²) in [7, 11) is -2.27. The number of anilines is 1. The van der Waals surface area contributed by atoms with E-state index >= 15 is 0 Å². The van der Waals surface area contributed by atoms with Gasteiger partial charge < -0.3 is 4.74 Å². The zero-order valence-electron chi connectivity index (χ0n) is 14.3. The molecular weight excluding hydrogens is 422 g/mol. The zero-order valence-corrected chi connectivity index (χ0v) is 16.7. The van der Waals surface area contributed by atoms with Gasteiger partial charge in [0.15, 0.2) is 0 Å². The molecule has 0 fully saturated rings. The Kier molecular flexibility index (Phi) is 4.84. The van der Waals surface area contributed by atoms with Crippen molar-refractivity contribution < 1.29 is 13.2 Å². The Morgan fingerprint density at radius 2 is 1.93 bits per heavy atom. The normalized spacial score (nSPS) is 11.5. The van der Waals surface area contributed by atoms with Crippen molar-refractivity contribution >= 4 is 49.2 Å². The number of ether oxygens (including phenoxy) is 1. The maximum atomic E-state index is 12.6. The van der Waals surface area contributed by atoms with Gasteiger partial charge in [0.25, 0.3) is 10.0 Å². The minimum absolute atomic E-state index is 0.0583. The first kappa shape index (κ1) is 18.5. The second-order valence-corrected chi connectivity index (χ2v) is 8.50. The lowest BCUT2D eigenvalue weighted by molar-refractivity contribution is 0.416. The molecule has 0 radical (unpaired) electrons. The summed E-state index contributed by atoms with van der Waals surface area (Å²) in [6.45, 7) is 0. The van der Waals surface area contributed by atoms with Crippen molar-refractivity contribution in [1.29, 1.82) is 0 Å². The number of sulfonamides is 1. The topological polar surface area (TPSA) is 107 Å². The van der Waals surface area contributed by atoms with Crippen LogP contribution in [0.2, 0.25) is 5.02 Å². The third kappa shape index (κ3) is 3.49. The Bertz CT molecular complexity index is 1260. The Morgan fingerprint density at radius 3 is 2.68 bits per heavy atom. The summed E-state index contributed by atoms with van der Waals surface area (Å²) in [6.07, 6.45) is 2.65. The predicted octanol–water partition coefficient (Wildman–Crippen LogP) is 3.61. The van der Waals surface area contributed by atoms with Crippen LogP contribution in [0.15, 0.2) is 53.9 Å². The van der Waals surface area contributed by atoms with Crippen molar-refractivity contribution in [3.63, 3.8) is 0 Å². The van der Waals surface area contributed by atoms with Crippen molar-refractivity contribution in [3.8, 4) is 17.0 Å². The van der Waals surface area contributed by atoms with Crippen molar-refractivity contribution in [2.24, 2.45) is 0 Å². The van der Waals surface area contributed by atoms with E-state index in [0.717, 1.165) is 17.1 Å². The van der Waals surface area contributed by atoms with Crippen molar-refractivity contribution in [1.82, 2.24) is 19.3 Å². The average Bonchev–Trinajstić information content (AvgIpc) is 3.19. The fourth-order valence-corrected chi connectivity index (χ4v) is 4.51. The van der Waals surface area contributed by atoms with Crippen molar-refractivity contribution in [2.75, 3.05) is 11.8 Å². The number of rotatable bonds is 5. The van der Waals surface area contributed by atoms with Crippen molar-refractivity contribution in [2.45, 2.75) is 4.90 Å². The molecule has 0 bridgehead atoms. The number of fused-ring (bicyclic) bond motifs is 1. The van der Waals surface area contributed by atoms with Gasteiger partial charge in [0.05, 0.1) is 23.2 Å². The van der Waals surface area contributed by atoms with Gasteiger partial charge in [-0.25, -0.2) is 23.4 Å². The number of hydrogen-bond donors (Lipinski definition) is 1. The lowest BCUT2D eigenvalue weighted by Crippen LogP contribution is -2.12. The van der Waals surface area contributed by atoms with Gasteiger partial charge in [-0.3, -0.25) is 4.72 Å². The predicted molar refractivity (Wildman–Crippen MR) is 107 cm³/mol. The number of benzene rings is 2. The lowest BCUT2D eigenvalue weighted by Gasteiger charge is -2.11. The van der Waals surface area contributed by atoms with Gasteiger partial charge in [0, 0.05) is 27.5 Å². The first-order valence-corrected chi connectivity index (χ1v) is 10.5. The Labute approximate surface area is 169 Å². The molecule has 2 aromatic heterocycles. The van der Waals surface area contributed by atoms with E-state index in [0.29, 0.717) is 27.4 Å². The summed E-state index contributed by atoms with van der Waals surface area (Å²) in [5.74, 6) is 0.558. The zero-order chi connectivity index (χ0) is 19.7. The van der Waals surface area contributed by atoms with Crippen LogP contribution in [-0.2, 0) is 10.0 Å². The van der Waals surface area contributed by atoms with Crippen LogP contribution >= 0.6 is 23.1 Å². The van der Waals surface area contributed by atoms with E-state index in [2.05, 4.69) is 24.0 Å². The molecule has 2 heterocycles. The van der Waals surface area contributed by atoms with Crippen LogP contribution in [-0.4, -0.2) is 34.9 Å². The van der Waals surface area contributed by atoms with Crippen molar-refractivity contribution in [3.05, 3.63) is 54.1 Å². The minimum Gasteiger partial charge on any atom is -0.496 e. The molecule has 8 nitrogen and oxygen atoms in total. The first-order chi connectivity index (χ1) is 13.5. The number of nitrogens with one attached hydrogen (secondary N) is 1. The van der Waals surface area contributed by atoms with Crippen LogP contribution in [0.3, 0.4) is 0 Å². The lowest BCUT2D eigenvalue weighted by atomic mass is 10.1. The van der Waals surface area contributed by atoms with Gasteiger partial charge in [-0.15, -0.1) is 0 Å². The van der Waals surface area contributed by atoms with E-state index in [4.69, 9.17) is 16.3 Å². The van der Waals surface area contributed by atoms with Gasteiger partial charge in [-0.05, 0) is 36.4 Å². The van der Waals surface area contributed by atoms with Crippen LogP contribution in [0.5, 0.6) is 5.75 Å². The molecule has 0 aliphatic heterocycles. The molecule has 0 saturated carbocycles. The molecule has 142 valence electrons. The molecule has 1 N–H and O–H groups in total. The molecule has 0 spiro atoms. The second kappa shape index (κ2) is 7.30. The van der Waals surface area contributed by atoms with Crippen LogP contribution in [0, 0.1) is 0 Å². The molecule has 28 heavy (non-hydrogen) atoms. The number of hydrogen-bond acceptors (Lipinski definition) is 8. The van der Waals surface area contributed by atoms with E-state index in [1.54, 1.807) is 31.4 Å². The summed E-state index contributed by atoms with van der Waals surface area (Å²) in [6, 6.07) is 9.85. The summed E-state index contributed by atoms with van der Waals surface area (Å²) in [5, 5.41) is 1.41. The molecule has 4 aromatic rings. The molecule has 0 saturated heterocycles.